The van der Waals surface area contributed by atoms with Crippen molar-refractivity contribution in [2.45, 2.75) is 5.03 Å². The highest BCUT2D eigenvalue weighted by molar-refractivity contribution is 7.89. The third-order valence-corrected chi connectivity index (χ3v) is 3.52. The minimum atomic E-state index is -3.43. The SMILES string of the molecule is CN(CCCl)S(=O)(=O)c1ccn[nH]1. The van der Waals surface area contributed by atoms with Crippen LogP contribution < -0.4 is 0 Å². The summed E-state index contributed by atoms with van der Waals surface area (Å²) in [5.41, 5.74) is 0. The lowest BCUT2D eigenvalue weighted by atomic mass is 10.8. The first-order chi connectivity index (χ1) is 6.09. The first kappa shape index (κ1) is 10.5. The third kappa shape index (κ3) is 2.20. The lowest BCUT2D eigenvalue weighted by Crippen LogP contribution is -2.29. The molecule has 1 N–H and O–H groups in total. The molecule has 0 saturated carbocycles. The third-order valence-electron chi connectivity index (χ3n) is 1.56. The summed E-state index contributed by atoms with van der Waals surface area (Å²) in [4.78, 5) is 0. The van der Waals surface area contributed by atoms with Crippen LogP contribution in [0.5, 0.6) is 0 Å². The summed E-state index contributed by atoms with van der Waals surface area (Å²) in [5, 5.41) is 6.04. The van der Waals surface area contributed by atoms with Gasteiger partial charge in [0.1, 0.15) is 0 Å². The van der Waals surface area contributed by atoms with Crippen LogP contribution in [0.2, 0.25) is 0 Å². The molecular formula is C6H10ClN3O2S. The van der Waals surface area contributed by atoms with Crippen molar-refractivity contribution >= 4 is 21.6 Å². The Hall–Kier alpha value is -0.590. The summed E-state index contributed by atoms with van der Waals surface area (Å²) in [6, 6.07) is 1.40. The molecule has 0 aliphatic rings. The van der Waals surface area contributed by atoms with Crippen LogP contribution in [-0.4, -0.2) is 42.4 Å². The standard InChI is InChI=1S/C6H10ClN3O2S/c1-10(5-3-7)13(11,12)6-2-4-8-9-6/h2,4H,3,5H2,1H3,(H,8,9). The molecular weight excluding hydrogens is 214 g/mol. The minimum Gasteiger partial charge on any atom is -0.266 e. The van der Waals surface area contributed by atoms with Crippen molar-refractivity contribution < 1.29 is 8.42 Å². The van der Waals surface area contributed by atoms with Crippen LogP contribution in [0.3, 0.4) is 0 Å². The molecule has 1 aromatic rings. The maximum atomic E-state index is 11.6. The van der Waals surface area contributed by atoms with Gasteiger partial charge < -0.3 is 0 Å². The van der Waals surface area contributed by atoms with E-state index in [0.717, 1.165) is 0 Å². The maximum absolute atomic E-state index is 11.6. The molecule has 0 amide bonds. The molecule has 0 spiro atoms. The van der Waals surface area contributed by atoms with Crippen LogP contribution in [0.1, 0.15) is 0 Å². The Bertz CT molecular complexity index is 348. The summed E-state index contributed by atoms with van der Waals surface area (Å²) in [7, 11) is -1.96. The summed E-state index contributed by atoms with van der Waals surface area (Å²) in [5.74, 6) is 0.268. The van der Waals surface area contributed by atoms with Crippen molar-refractivity contribution in [3.63, 3.8) is 0 Å². The molecule has 0 bridgehead atoms. The normalized spacial score (nSPS) is 12.2. The molecule has 7 heteroatoms. The molecule has 0 saturated heterocycles. The largest absolute Gasteiger partial charge is 0.266 e. The fourth-order valence-electron chi connectivity index (χ4n) is 0.794. The number of aromatic amines is 1. The van der Waals surface area contributed by atoms with E-state index in [1.54, 1.807) is 0 Å². The second-order valence-corrected chi connectivity index (χ2v) is 4.83. The van der Waals surface area contributed by atoms with Crippen LogP contribution in [0.25, 0.3) is 0 Å². The van der Waals surface area contributed by atoms with Gasteiger partial charge in [-0.05, 0) is 6.07 Å². The zero-order valence-corrected chi connectivity index (χ0v) is 8.64. The van der Waals surface area contributed by atoms with E-state index in [2.05, 4.69) is 10.2 Å². The van der Waals surface area contributed by atoms with Gasteiger partial charge >= 0.3 is 0 Å². The van der Waals surface area contributed by atoms with Crippen molar-refractivity contribution in [1.29, 1.82) is 0 Å². The Morgan fingerprint density at radius 3 is 2.85 bits per heavy atom. The number of aromatic nitrogens is 2. The van der Waals surface area contributed by atoms with E-state index in [1.807, 2.05) is 0 Å². The highest BCUT2D eigenvalue weighted by Crippen LogP contribution is 2.09. The molecule has 1 heterocycles. The van der Waals surface area contributed by atoms with Gasteiger partial charge in [-0.15, -0.1) is 11.6 Å². The van der Waals surface area contributed by atoms with E-state index >= 15 is 0 Å². The van der Waals surface area contributed by atoms with Gasteiger partial charge in [-0.1, -0.05) is 0 Å². The maximum Gasteiger partial charge on any atom is 0.259 e. The first-order valence-electron chi connectivity index (χ1n) is 3.60. The average Bonchev–Trinajstić information content (AvgIpc) is 2.56. The minimum absolute atomic E-state index is 0.0834. The number of alkyl halides is 1. The second-order valence-electron chi connectivity index (χ2n) is 2.44. The van der Waals surface area contributed by atoms with Gasteiger partial charge in [0.05, 0.1) is 6.20 Å². The highest BCUT2D eigenvalue weighted by Gasteiger charge is 2.20. The predicted molar refractivity (Wildman–Crippen MR) is 49.1 cm³/mol. The molecule has 74 valence electrons. The number of sulfonamides is 1. The summed E-state index contributed by atoms with van der Waals surface area (Å²) >= 11 is 5.43. The molecule has 1 rings (SSSR count). The Morgan fingerprint density at radius 1 is 1.69 bits per heavy atom. The van der Waals surface area contributed by atoms with Gasteiger partial charge in [-0.25, -0.2) is 8.42 Å². The molecule has 0 aliphatic carbocycles. The number of hydrogen-bond acceptors (Lipinski definition) is 3. The Morgan fingerprint density at radius 2 is 2.38 bits per heavy atom. The molecule has 0 unspecified atom stereocenters. The molecule has 0 aliphatic heterocycles. The van der Waals surface area contributed by atoms with Crippen molar-refractivity contribution in [1.82, 2.24) is 14.5 Å². The molecule has 13 heavy (non-hydrogen) atoms. The van der Waals surface area contributed by atoms with Crippen molar-refractivity contribution in [3.05, 3.63) is 12.3 Å². The summed E-state index contributed by atoms with van der Waals surface area (Å²) in [6.45, 7) is 0.281. The van der Waals surface area contributed by atoms with Crippen LogP contribution in [-0.2, 0) is 10.0 Å². The number of halogens is 1. The predicted octanol–water partition coefficient (Wildman–Crippen LogP) is 0.269. The quantitative estimate of drug-likeness (QED) is 0.746. The molecule has 1 aromatic heterocycles. The smallest absolute Gasteiger partial charge is 0.259 e. The van der Waals surface area contributed by atoms with Crippen LogP contribution in [0.15, 0.2) is 17.3 Å². The molecule has 0 fully saturated rings. The van der Waals surface area contributed by atoms with Crippen molar-refractivity contribution in [2.75, 3.05) is 19.5 Å². The Kier molecular flexibility index (Phi) is 3.29. The van der Waals surface area contributed by atoms with Crippen LogP contribution in [0.4, 0.5) is 0 Å². The lowest BCUT2D eigenvalue weighted by Gasteiger charge is -2.13. The lowest BCUT2D eigenvalue weighted by molar-refractivity contribution is 0.484. The molecule has 0 aromatic carbocycles. The zero-order chi connectivity index (χ0) is 9.90. The van der Waals surface area contributed by atoms with Gasteiger partial charge in [0.25, 0.3) is 10.0 Å². The van der Waals surface area contributed by atoms with E-state index in [1.165, 1.54) is 23.6 Å². The van der Waals surface area contributed by atoms with Gasteiger partial charge in [0.15, 0.2) is 5.03 Å². The Balaban J connectivity index is 2.90. The molecule has 5 nitrogen and oxygen atoms in total. The van der Waals surface area contributed by atoms with Gasteiger partial charge in [-0.2, -0.15) is 9.40 Å². The second kappa shape index (κ2) is 4.08. The van der Waals surface area contributed by atoms with Crippen LogP contribution >= 0.6 is 11.6 Å². The summed E-state index contributed by atoms with van der Waals surface area (Å²) < 4.78 is 24.3. The van der Waals surface area contributed by atoms with E-state index in [0.29, 0.717) is 0 Å². The topological polar surface area (TPSA) is 66.1 Å². The molecule has 0 atom stereocenters. The number of hydrogen-bond donors (Lipinski definition) is 1. The van der Waals surface area contributed by atoms with Crippen LogP contribution in [0, 0.1) is 0 Å². The van der Waals surface area contributed by atoms with E-state index in [-0.39, 0.29) is 17.5 Å². The molecule has 0 radical (unpaired) electrons. The number of H-pyrrole nitrogens is 1. The monoisotopic (exact) mass is 223 g/mol. The number of nitrogens with zero attached hydrogens (tertiary/aromatic N) is 2. The fraction of sp³-hybridized carbons (Fsp3) is 0.500. The van der Waals surface area contributed by atoms with Crippen molar-refractivity contribution in [3.8, 4) is 0 Å². The van der Waals surface area contributed by atoms with E-state index in [4.69, 9.17) is 11.6 Å². The summed E-state index contributed by atoms with van der Waals surface area (Å²) in [6.07, 6.45) is 1.39. The van der Waals surface area contributed by atoms with Gasteiger partial charge in [0.2, 0.25) is 0 Å². The fourth-order valence-corrected chi connectivity index (χ4v) is 2.22. The van der Waals surface area contributed by atoms with E-state index in [9.17, 15) is 8.42 Å². The first-order valence-corrected chi connectivity index (χ1v) is 5.58. The number of rotatable bonds is 4. The Labute approximate surface area is 81.7 Å². The highest BCUT2D eigenvalue weighted by atomic mass is 35.5. The number of nitrogens with one attached hydrogen (secondary N) is 1. The average molecular weight is 224 g/mol. The van der Waals surface area contributed by atoms with E-state index < -0.39 is 10.0 Å². The van der Waals surface area contributed by atoms with Gasteiger partial charge in [-0.3, -0.25) is 5.10 Å². The van der Waals surface area contributed by atoms with Crippen molar-refractivity contribution in [2.24, 2.45) is 0 Å². The van der Waals surface area contributed by atoms with Gasteiger partial charge in [0, 0.05) is 19.5 Å². The zero-order valence-electron chi connectivity index (χ0n) is 7.07.